The number of allylic oxidation sites excluding steroid dienone is 20. The van der Waals surface area contributed by atoms with Gasteiger partial charge in [-0.15, -0.1) is 132 Å². The quantitative estimate of drug-likeness (QED) is 0.257. The average molecular weight is 904 g/mol. The standard InChI is InChI=1S/20C3H6.C2H6O2/c20*1-3-2;3-1-2-4/h20*3H,1H2,2H3;3-4H,1-2H2. The van der Waals surface area contributed by atoms with Gasteiger partial charge in [0.1, 0.15) is 0 Å². The Morgan fingerprint density at radius 1 is 0.156 bits per heavy atom. The molecule has 0 aromatic heterocycles. The van der Waals surface area contributed by atoms with Crippen LogP contribution in [-0.4, -0.2) is 23.4 Å². The molecule has 0 unspecified atom stereocenters. The van der Waals surface area contributed by atoms with E-state index in [-0.39, 0.29) is 13.2 Å². The Hall–Kier alpha value is -5.28. The lowest BCUT2D eigenvalue weighted by Crippen LogP contribution is -1.85. The second-order valence-corrected chi connectivity index (χ2v) is 8.61. The molecular formula is C62H126O2. The first kappa shape index (κ1) is 137. The predicted octanol–water partition coefficient (Wildman–Crippen LogP) is 22.8. The summed E-state index contributed by atoms with van der Waals surface area (Å²) in [6, 6.07) is 0. The van der Waals surface area contributed by atoms with Crippen LogP contribution in [0.5, 0.6) is 0 Å². The molecule has 386 valence electrons. The van der Waals surface area contributed by atoms with Gasteiger partial charge in [-0.3, -0.25) is 0 Å². The van der Waals surface area contributed by atoms with E-state index in [4.69, 9.17) is 10.2 Å². The Bertz CT molecular complexity index is 450. The smallest absolute Gasteiger partial charge is 0.0662 e. The summed E-state index contributed by atoms with van der Waals surface area (Å²) in [7, 11) is 0. The monoisotopic (exact) mass is 903 g/mol. The second kappa shape index (κ2) is 664. The lowest BCUT2D eigenvalue weighted by Gasteiger charge is -1.70. The molecule has 0 saturated heterocycles. The molecule has 0 aliphatic rings. The van der Waals surface area contributed by atoms with Crippen molar-refractivity contribution in [3.8, 4) is 0 Å². The van der Waals surface area contributed by atoms with Gasteiger partial charge in [0.25, 0.3) is 0 Å². The minimum absolute atomic E-state index is 0.125. The first-order chi connectivity index (χ1) is 30.2. The zero-order chi connectivity index (χ0) is 57.6. The van der Waals surface area contributed by atoms with Gasteiger partial charge in [-0.05, 0) is 138 Å². The van der Waals surface area contributed by atoms with Crippen LogP contribution in [0.2, 0.25) is 0 Å². The third kappa shape index (κ3) is 9610. The van der Waals surface area contributed by atoms with Crippen molar-refractivity contribution in [3.63, 3.8) is 0 Å². The van der Waals surface area contributed by atoms with Gasteiger partial charge in [0.2, 0.25) is 0 Å². The summed E-state index contributed by atoms with van der Waals surface area (Å²) in [5.41, 5.74) is 0. The molecule has 0 bridgehead atoms. The van der Waals surface area contributed by atoms with E-state index in [9.17, 15) is 0 Å². The summed E-state index contributed by atoms with van der Waals surface area (Å²) in [6.07, 6.45) is 35.0. The normalized spacial score (nSPS) is 4.53. The lowest BCUT2D eigenvalue weighted by atomic mass is 10.8. The maximum atomic E-state index is 7.62. The highest BCUT2D eigenvalue weighted by molar-refractivity contribution is 4.57. The fourth-order valence-electron chi connectivity index (χ4n) is 0. The maximum Gasteiger partial charge on any atom is 0.0662 e. The van der Waals surface area contributed by atoms with E-state index in [1.165, 1.54) is 0 Å². The van der Waals surface area contributed by atoms with Crippen LogP contribution < -0.4 is 0 Å². The highest BCUT2D eigenvalue weighted by Gasteiger charge is 1.58. The summed E-state index contributed by atoms with van der Waals surface area (Å²) >= 11 is 0. The summed E-state index contributed by atoms with van der Waals surface area (Å²) in [5.74, 6) is 0. The molecule has 0 spiro atoms. The van der Waals surface area contributed by atoms with E-state index in [0.717, 1.165) is 0 Å². The number of aliphatic hydroxyl groups is 2. The van der Waals surface area contributed by atoms with Crippen LogP contribution in [0.1, 0.15) is 138 Å². The van der Waals surface area contributed by atoms with Crippen molar-refractivity contribution in [2.45, 2.75) is 138 Å². The second-order valence-electron chi connectivity index (χ2n) is 8.61. The Labute approximate surface area is 413 Å². The number of hydrogen-bond donors (Lipinski definition) is 2. The molecule has 0 fully saturated rings. The molecule has 0 heterocycles. The van der Waals surface area contributed by atoms with Gasteiger partial charge in [0.15, 0.2) is 0 Å². The van der Waals surface area contributed by atoms with Crippen molar-refractivity contribution in [2.24, 2.45) is 0 Å². The lowest BCUT2D eigenvalue weighted by molar-refractivity contribution is 0.186. The Balaban J connectivity index is -0.0000000160. The molecule has 64 heavy (non-hydrogen) atoms. The van der Waals surface area contributed by atoms with Crippen LogP contribution in [0.4, 0.5) is 0 Å². The van der Waals surface area contributed by atoms with E-state index in [2.05, 4.69) is 132 Å². The topological polar surface area (TPSA) is 40.5 Å². The summed E-state index contributed by atoms with van der Waals surface area (Å²) in [4.78, 5) is 0. The van der Waals surface area contributed by atoms with Gasteiger partial charge in [-0.25, -0.2) is 0 Å². The van der Waals surface area contributed by atoms with Crippen LogP contribution in [-0.2, 0) is 0 Å². The van der Waals surface area contributed by atoms with Crippen molar-refractivity contribution >= 4 is 0 Å². The number of aliphatic hydroxyl groups excluding tert-OH is 2. The van der Waals surface area contributed by atoms with Crippen LogP contribution >= 0.6 is 0 Å². The summed E-state index contributed by atoms with van der Waals surface area (Å²) in [5, 5.41) is 15.2. The Kier molecular flexibility index (Phi) is 1430. The van der Waals surface area contributed by atoms with Crippen molar-refractivity contribution in [3.05, 3.63) is 253 Å². The summed E-state index contributed by atoms with van der Waals surface area (Å²) < 4.78 is 0. The highest BCUT2D eigenvalue weighted by Crippen LogP contribution is 1.44. The highest BCUT2D eigenvalue weighted by atomic mass is 16.3. The van der Waals surface area contributed by atoms with Gasteiger partial charge < -0.3 is 10.2 Å². The van der Waals surface area contributed by atoms with Gasteiger partial charge in [-0.1, -0.05) is 122 Å². The van der Waals surface area contributed by atoms with Crippen LogP contribution in [0.15, 0.2) is 253 Å². The van der Waals surface area contributed by atoms with E-state index >= 15 is 0 Å². The fourth-order valence-corrected chi connectivity index (χ4v) is 0. The van der Waals surface area contributed by atoms with Crippen molar-refractivity contribution in [1.82, 2.24) is 0 Å². The molecule has 0 atom stereocenters. The molecule has 2 N–H and O–H groups in total. The van der Waals surface area contributed by atoms with Crippen molar-refractivity contribution in [2.75, 3.05) is 13.2 Å². The number of rotatable bonds is 1. The van der Waals surface area contributed by atoms with E-state index in [0.29, 0.717) is 0 Å². The molecule has 0 aliphatic heterocycles. The average Bonchev–Trinajstić information content (AvgIpc) is 3.18. The molecule has 0 aliphatic carbocycles. The molecule has 0 aromatic carbocycles. The Morgan fingerprint density at radius 2 is 0.172 bits per heavy atom. The van der Waals surface area contributed by atoms with E-state index < -0.39 is 0 Å². The summed E-state index contributed by atoms with van der Waals surface area (Å²) in [6.45, 7) is 105. The van der Waals surface area contributed by atoms with E-state index in [1.807, 2.05) is 138 Å². The van der Waals surface area contributed by atoms with Crippen molar-refractivity contribution < 1.29 is 10.2 Å². The van der Waals surface area contributed by atoms with Gasteiger partial charge >= 0.3 is 0 Å². The maximum absolute atomic E-state index is 7.62. The number of hydrogen-bond acceptors (Lipinski definition) is 2. The third-order valence-electron chi connectivity index (χ3n) is 0.1000. The molecule has 2 nitrogen and oxygen atoms in total. The third-order valence-corrected chi connectivity index (χ3v) is 0.1000. The van der Waals surface area contributed by atoms with Crippen molar-refractivity contribution in [1.29, 1.82) is 0 Å². The molecule has 0 amide bonds. The fraction of sp³-hybridized carbons (Fsp3) is 0.355. The van der Waals surface area contributed by atoms with Gasteiger partial charge in [0, 0.05) is 0 Å². The predicted molar refractivity (Wildman–Crippen MR) is 332 cm³/mol. The molecule has 0 aromatic rings. The molecular weight excluding hydrogens is 777 g/mol. The zero-order valence-corrected chi connectivity index (χ0v) is 48.0. The SMILES string of the molecule is C=CC.C=CC.C=CC.C=CC.C=CC.C=CC.C=CC.C=CC.C=CC.C=CC.C=CC.C=CC.C=CC.C=CC.C=CC.C=CC.C=CC.C=CC.C=CC.C=CC.OCCO. The zero-order valence-electron chi connectivity index (χ0n) is 48.0. The first-order valence-corrected chi connectivity index (χ1v) is 20.8. The first-order valence-electron chi connectivity index (χ1n) is 20.8. The van der Waals surface area contributed by atoms with E-state index in [1.54, 1.807) is 122 Å². The van der Waals surface area contributed by atoms with Gasteiger partial charge in [0.05, 0.1) is 13.2 Å². The van der Waals surface area contributed by atoms with Crippen LogP contribution in [0, 0.1) is 0 Å². The Morgan fingerprint density at radius 3 is 0.172 bits per heavy atom. The largest absolute Gasteiger partial charge is 0.394 e. The van der Waals surface area contributed by atoms with Crippen LogP contribution in [0.3, 0.4) is 0 Å². The minimum atomic E-state index is -0.125. The molecule has 2 heteroatoms. The molecule has 0 radical (unpaired) electrons. The molecule has 0 saturated carbocycles. The van der Waals surface area contributed by atoms with Gasteiger partial charge in [-0.2, -0.15) is 0 Å². The van der Waals surface area contributed by atoms with Crippen LogP contribution in [0.25, 0.3) is 0 Å². The minimum Gasteiger partial charge on any atom is -0.394 e. The molecule has 0 rings (SSSR count).